The molecule has 1 atom stereocenters. The zero-order chi connectivity index (χ0) is 16.7. The molecule has 0 bridgehead atoms. The van der Waals surface area contributed by atoms with Gasteiger partial charge >= 0.3 is 0 Å². The zero-order valence-electron chi connectivity index (χ0n) is 12.3. The standard InChI is InChI=1S/C17H17F2NO3/c18-13-6-7-16(14(19)10-13)23-9-8-20-17(22)11-15(21)12-4-2-1-3-5-12/h1-7,10,15,21H,8-9,11H2,(H,20,22). The van der Waals surface area contributed by atoms with Crippen molar-refractivity contribution in [3.8, 4) is 5.75 Å². The first-order valence-corrected chi connectivity index (χ1v) is 7.14. The highest BCUT2D eigenvalue weighted by atomic mass is 19.1. The molecule has 0 aliphatic heterocycles. The predicted molar refractivity (Wildman–Crippen MR) is 80.9 cm³/mol. The minimum Gasteiger partial charge on any atom is -0.489 e. The van der Waals surface area contributed by atoms with Crippen molar-refractivity contribution in [3.63, 3.8) is 0 Å². The lowest BCUT2D eigenvalue weighted by atomic mass is 10.1. The number of ether oxygens (including phenoxy) is 1. The normalized spacial score (nSPS) is 11.8. The molecule has 0 fully saturated rings. The summed E-state index contributed by atoms with van der Waals surface area (Å²) in [5, 5.41) is 12.5. The second-order valence-corrected chi connectivity index (χ2v) is 4.90. The molecule has 0 aromatic heterocycles. The predicted octanol–water partition coefficient (Wildman–Crippen LogP) is 2.58. The van der Waals surface area contributed by atoms with Crippen LogP contribution in [0, 0.1) is 11.6 Å². The van der Waals surface area contributed by atoms with Crippen molar-refractivity contribution in [1.82, 2.24) is 5.32 Å². The summed E-state index contributed by atoms with van der Waals surface area (Å²) in [6, 6.07) is 11.9. The SMILES string of the molecule is O=C(CC(O)c1ccccc1)NCCOc1ccc(F)cc1F. The third-order valence-electron chi connectivity index (χ3n) is 3.14. The average Bonchev–Trinajstić information content (AvgIpc) is 2.54. The van der Waals surface area contributed by atoms with Crippen LogP contribution in [0.15, 0.2) is 48.5 Å². The van der Waals surface area contributed by atoms with Gasteiger partial charge in [0.1, 0.15) is 12.4 Å². The molecular weight excluding hydrogens is 304 g/mol. The Morgan fingerprint density at radius 2 is 1.91 bits per heavy atom. The minimum atomic E-state index is -0.883. The van der Waals surface area contributed by atoms with E-state index >= 15 is 0 Å². The summed E-state index contributed by atoms with van der Waals surface area (Å²) in [6.07, 6.45) is -0.957. The number of rotatable bonds is 7. The third kappa shape index (κ3) is 5.34. The van der Waals surface area contributed by atoms with Gasteiger partial charge in [0.25, 0.3) is 0 Å². The van der Waals surface area contributed by atoms with Crippen LogP contribution in [0.5, 0.6) is 5.75 Å². The molecule has 0 aliphatic rings. The molecule has 0 saturated heterocycles. The van der Waals surface area contributed by atoms with Crippen molar-refractivity contribution in [1.29, 1.82) is 0 Å². The van der Waals surface area contributed by atoms with Crippen molar-refractivity contribution < 1.29 is 23.4 Å². The van der Waals surface area contributed by atoms with Gasteiger partial charge in [-0.1, -0.05) is 30.3 Å². The first-order valence-electron chi connectivity index (χ1n) is 7.14. The molecule has 2 aromatic rings. The molecule has 0 saturated carbocycles. The van der Waals surface area contributed by atoms with Crippen LogP contribution in [0.4, 0.5) is 8.78 Å². The van der Waals surface area contributed by atoms with Gasteiger partial charge in [0.15, 0.2) is 11.6 Å². The summed E-state index contributed by atoms with van der Waals surface area (Å²) in [5.41, 5.74) is 0.660. The maximum Gasteiger partial charge on any atom is 0.223 e. The van der Waals surface area contributed by atoms with Crippen LogP contribution in [-0.4, -0.2) is 24.2 Å². The number of nitrogens with one attached hydrogen (secondary N) is 1. The summed E-state index contributed by atoms with van der Waals surface area (Å²) in [7, 11) is 0. The molecule has 0 radical (unpaired) electrons. The Morgan fingerprint density at radius 1 is 1.17 bits per heavy atom. The Labute approximate surface area is 132 Å². The van der Waals surface area contributed by atoms with Gasteiger partial charge in [-0.3, -0.25) is 4.79 Å². The lowest BCUT2D eigenvalue weighted by Crippen LogP contribution is -2.29. The highest BCUT2D eigenvalue weighted by Gasteiger charge is 2.12. The van der Waals surface area contributed by atoms with Gasteiger partial charge in [0, 0.05) is 6.07 Å². The lowest BCUT2D eigenvalue weighted by molar-refractivity contribution is -0.123. The number of amides is 1. The molecular formula is C17H17F2NO3. The Bertz CT molecular complexity index is 650. The molecule has 0 spiro atoms. The van der Waals surface area contributed by atoms with Crippen LogP contribution >= 0.6 is 0 Å². The van der Waals surface area contributed by atoms with E-state index in [1.54, 1.807) is 24.3 Å². The van der Waals surface area contributed by atoms with E-state index in [1.165, 1.54) is 6.07 Å². The molecule has 2 N–H and O–H groups in total. The Hall–Kier alpha value is -2.47. The van der Waals surface area contributed by atoms with Gasteiger partial charge in [-0.15, -0.1) is 0 Å². The smallest absolute Gasteiger partial charge is 0.223 e. The molecule has 23 heavy (non-hydrogen) atoms. The number of carbonyl (C=O) groups excluding carboxylic acids is 1. The monoisotopic (exact) mass is 321 g/mol. The van der Waals surface area contributed by atoms with Crippen molar-refractivity contribution in [2.24, 2.45) is 0 Å². The van der Waals surface area contributed by atoms with Crippen LogP contribution in [0.25, 0.3) is 0 Å². The van der Waals surface area contributed by atoms with Crippen LogP contribution < -0.4 is 10.1 Å². The second kappa shape index (κ2) is 8.24. The first kappa shape index (κ1) is 16.9. The van der Waals surface area contributed by atoms with Gasteiger partial charge in [0.05, 0.1) is 19.1 Å². The first-order chi connectivity index (χ1) is 11.1. The van der Waals surface area contributed by atoms with Crippen molar-refractivity contribution in [3.05, 3.63) is 65.7 Å². The topological polar surface area (TPSA) is 58.6 Å². The molecule has 0 aliphatic carbocycles. The second-order valence-electron chi connectivity index (χ2n) is 4.90. The van der Waals surface area contributed by atoms with Crippen molar-refractivity contribution in [2.75, 3.05) is 13.2 Å². The largest absolute Gasteiger partial charge is 0.489 e. The highest BCUT2D eigenvalue weighted by molar-refractivity contribution is 5.76. The van der Waals surface area contributed by atoms with Gasteiger partial charge in [-0.05, 0) is 17.7 Å². The van der Waals surface area contributed by atoms with E-state index in [0.29, 0.717) is 5.56 Å². The molecule has 0 heterocycles. The van der Waals surface area contributed by atoms with Crippen LogP contribution in [0.1, 0.15) is 18.1 Å². The lowest BCUT2D eigenvalue weighted by Gasteiger charge is -2.12. The number of aliphatic hydroxyl groups excluding tert-OH is 1. The van der Waals surface area contributed by atoms with E-state index in [1.807, 2.05) is 6.07 Å². The van der Waals surface area contributed by atoms with E-state index in [9.17, 15) is 18.7 Å². The highest BCUT2D eigenvalue weighted by Crippen LogP contribution is 2.17. The summed E-state index contributed by atoms with van der Waals surface area (Å²) in [4.78, 5) is 11.7. The maximum atomic E-state index is 13.3. The number of carbonyl (C=O) groups is 1. The molecule has 122 valence electrons. The number of benzene rings is 2. The maximum absolute atomic E-state index is 13.3. The fraction of sp³-hybridized carbons (Fsp3) is 0.235. The van der Waals surface area contributed by atoms with Gasteiger partial charge in [0.2, 0.25) is 5.91 Å². The molecule has 2 aromatic carbocycles. The van der Waals surface area contributed by atoms with E-state index in [0.717, 1.165) is 12.1 Å². The van der Waals surface area contributed by atoms with Gasteiger partial charge in [-0.2, -0.15) is 0 Å². The number of aliphatic hydroxyl groups is 1. The summed E-state index contributed by atoms with van der Waals surface area (Å²) < 4.78 is 31.2. The summed E-state index contributed by atoms with van der Waals surface area (Å²) >= 11 is 0. The molecule has 6 heteroatoms. The summed E-state index contributed by atoms with van der Waals surface area (Å²) in [5.74, 6) is -1.90. The van der Waals surface area contributed by atoms with E-state index in [2.05, 4.69) is 5.32 Å². The van der Waals surface area contributed by atoms with Crippen LogP contribution in [0.2, 0.25) is 0 Å². The van der Waals surface area contributed by atoms with Gasteiger partial charge < -0.3 is 15.2 Å². The van der Waals surface area contributed by atoms with Crippen molar-refractivity contribution in [2.45, 2.75) is 12.5 Å². The summed E-state index contributed by atoms with van der Waals surface area (Å²) in [6.45, 7) is 0.187. The van der Waals surface area contributed by atoms with E-state index in [-0.39, 0.29) is 31.2 Å². The molecule has 4 nitrogen and oxygen atoms in total. The average molecular weight is 321 g/mol. The number of halogens is 2. The minimum absolute atomic E-state index is 0.0374. The molecule has 1 unspecified atom stereocenters. The number of hydrogen-bond acceptors (Lipinski definition) is 3. The molecule has 1 amide bonds. The third-order valence-corrected chi connectivity index (χ3v) is 3.14. The Balaban J connectivity index is 1.70. The van der Waals surface area contributed by atoms with E-state index < -0.39 is 17.7 Å². The van der Waals surface area contributed by atoms with Crippen molar-refractivity contribution >= 4 is 5.91 Å². The van der Waals surface area contributed by atoms with Crippen LogP contribution in [0.3, 0.4) is 0 Å². The fourth-order valence-corrected chi connectivity index (χ4v) is 1.98. The van der Waals surface area contributed by atoms with E-state index in [4.69, 9.17) is 4.74 Å². The van der Waals surface area contributed by atoms with Gasteiger partial charge in [-0.25, -0.2) is 8.78 Å². The Morgan fingerprint density at radius 3 is 2.61 bits per heavy atom. The zero-order valence-corrected chi connectivity index (χ0v) is 12.3. The Kier molecular flexibility index (Phi) is 6.05. The number of hydrogen-bond donors (Lipinski definition) is 2. The quantitative estimate of drug-likeness (QED) is 0.771. The molecule has 2 rings (SSSR count). The fourth-order valence-electron chi connectivity index (χ4n) is 1.98. The van der Waals surface area contributed by atoms with Crippen LogP contribution in [-0.2, 0) is 4.79 Å².